The third-order valence-electron chi connectivity index (χ3n) is 5.57. The molecule has 0 saturated heterocycles. The largest absolute Gasteiger partial charge is 0.480 e. The van der Waals surface area contributed by atoms with E-state index in [1.807, 2.05) is 23.1 Å². The first kappa shape index (κ1) is 19.7. The van der Waals surface area contributed by atoms with E-state index in [9.17, 15) is 9.59 Å². The van der Waals surface area contributed by atoms with E-state index < -0.39 is 0 Å². The molecule has 6 nitrogen and oxygen atoms in total. The van der Waals surface area contributed by atoms with E-state index in [-0.39, 0.29) is 31.0 Å². The average molecular weight is 414 g/mol. The van der Waals surface area contributed by atoms with E-state index in [1.54, 1.807) is 24.4 Å². The second kappa shape index (κ2) is 8.82. The topological polar surface area (TPSA) is 62.7 Å². The number of rotatable bonds is 5. The molecule has 2 aromatic rings. The van der Waals surface area contributed by atoms with Gasteiger partial charge in [0.2, 0.25) is 5.91 Å². The Morgan fingerprint density at radius 2 is 2.00 bits per heavy atom. The van der Waals surface area contributed by atoms with Crippen molar-refractivity contribution in [3.05, 3.63) is 53.3 Å². The first-order chi connectivity index (χ1) is 14.1. The van der Waals surface area contributed by atoms with Crippen molar-refractivity contribution in [3.8, 4) is 5.75 Å². The molecule has 1 aliphatic heterocycles. The Morgan fingerprint density at radius 3 is 2.76 bits per heavy atom. The molecule has 7 heteroatoms. The summed E-state index contributed by atoms with van der Waals surface area (Å²) in [6.45, 7) is 0.303. The maximum Gasteiger partial charge on any atom is 0.265 e. The van der Waals surface area contributed by atoms with Crippen molar-refractivity contribution in [3.63, 3.8) is 0 Å². The zero-order chi connectivity index (χ0) is 20.2. The van der Waals surface area contributed by atoms with Gasteiger partial charge in [0, 0.05) is 12.2 Å². The minimum absolute atomic E-state index is 0.0289. The van der Waals surface area contributed by atoms with Gasteiger partial charge in [-0.1, -0.05) is 43.0 Å². The van der Waals surface area contributed by atoms with Gasteiger partial charge < -0.3 is 9.64 Å². The summed E-state index contributed by atoms with van der Waals surface area (Å²) in [5.74, 6) is 0.133. The molecule has 1 aromatic carbocycles. The number of amides is 2. The van der Waals surface area contributed by atoms with Gasteiger partial charge in [0.05, 0.1) is 22.9 Å². The predicted molar refractivity (Wildman–Crippen MR) is 111 cm³/mol. The van der Waals surface area contributed by atoms with Gasteiger partial charge in [0.25, 0.3) is 5.91 Å². The number of aromatic nitrogens is 1. The van der Waals surface area contributed by atoms with Gasteiger partial charge in [-0.25, -0.2) is 0 Å². The first-order valence-electron chi connectivity index (χ1n) is 10.0. The highest BCUT2D eigenvalue weighted by atomic mass is 35.5. The van der Waals surface area contributed by atoms with Crippen molar-refractivity contribution in [1.82, 2.24) is 9.88 Å². The molecule has 1 saturated carbocycles. The van der Waals surface area contributed by atoms with Crippen molar-refractivity contribution >= 4 is 29.1 Å². The maximum absolute atomic E-state index is 13.4. The molecule has 152 valence electrons. The standard InChI is InChI=1S/C22H24ClN3O3/c23-18-10-6-11-19-22(18)29-15-21(28)26(19)14-20(27)25(17-8-2-1-3-9-17)13-16-7-4-5-12-24-16/h4-7,10-12,17H,1-3,8-9,13-15H2. The lowest BCUT2D eigenvalue weighted by molar-refractivity contribution is -0.135. The molecular formula is C22H24ClN3O3. The summed E-state index contributed by atoms with van der Waals surface area (Å²) >= 11 is 6.22. The number of halogens is 1. The number of benzene rings is 1. The lowest BCUT2D eigenvalue weighted by Crippen LogP contribution is -2.49. The number of fused-ring (bicyclic) bond motifs is 1. The van der Waals surface area contributed by atoms with Crippen LogP contribution in [0.3, 0.4) is 0 Å². The second-order valence-electron chi connectivity index (χ2n) is 7.49. The Bertz CT molecular complexity index is 884. The first-order valence-corrected chi connectivity index (χ1v) is 10.4. The fraction of sp³-hybridized carbons (Fsp3) is 0.409. The zero-order valence-corrected chi connectivity index (χ0v) is 17.0. The highest BCUT2D eigenvalue weighted by Gasteiger charge is 2.32. The van der Waals surface area contributed by atoms with Gasteiger partial charge in [-0.05, 0) is 37.1 Å². The van der Waals surface area contributed by atoms with Crippen LogP contribution in [0.25, 0.3) is 0 Å². The monoisotopic (exact) mass is 413 g/mol. The fourth-order valence-corrected chi connectivity index (χ4v) is 4.30. The quantitative estimate of drug-likeness (QED) is 0.747. The molecule has 4 rings (SSSR count). The summed E-state index contributed by atoms with van der Waals surface area (Å²) in [4.78, 5) is 33.7. The Kier molecular flexibility index (Phi) is 6.00. The Morgan fingerprint density at radius 1 is 1.17 bits per heavy atom. The van der Waals surface area contributed by atoms with E-state index >= 15 is 0 Å². The van der Waals surface area contributed by atoms with Crippen LogP contribution >= 0.6 is 11.6 Å². The summed E-state index contributed by atoms with van der Waals surface area (Å²) < 4.78 is 5.49. The zero-order valence-electron chi connectivity index (χ0n) is 16.2. The number of carbonyl (C=O) groups is 2. The van der Waals surface area contributed by atoms with Crippen LogP contribution in [0.1, 0.15) is 37.8 Å². The summed E-state index contributed by atoms with van der Waals surface area (Å²) in [5.41, 5.74) is 1.40. The van der Waals surface area contributed by atoms with E-state index in [4.69, 9.17) is 16.3 Å². The smallest absolute Gasteiger partial charge is 0.265 e. The van der Waals surface area contributed by atoms with E-state index in [0.717, 1.165) is 31.4 Å². The summed E-state index contributed by atoms with van der Waals surface area (Å²) in [7, 11) is 0. The molecule has 2 aliphatic rings. The van der Waals surface area contributed by atoms with Crippen LogP contribution in [-0.2, 0) is 16.1 Å². The lowest BCUT2D eigenvalue weighted by atomic mass is 9.94. The molecule has 0 bridgehead atoms. The molecule has 1 aromatic heterocycles. The molecule has 0 radical (unpaired) electrons. The fourth-order valence-electron chi connectivity index (χ4n) is 4.08. The number of anilines is 1. The molecule has 0 atom stereocenters. The number of carbonyl (C=O) groups excluding carboxylic acids is 2. The number of hydrogen-bond acceptors (Lipinski definition) is 4. The SMILES string of the molecule is O=C1COc2c(Cl)cccc2N1CC(=O)N(Cc1ccccn1)C1CCCCC1. The number of nitrogens with zero attached hydrogens (tertiary/aromatic N) is 3. The van der Waals surface area contributed by atoms with E-state index in [1.165, 1.54) is 11.3 Å². The van der Waals surface area contributed by atoms with Crippen molar-refractivity contribution in [2.45, 2.75) is 44.7 Å². The number of ether oxygens (including phenoxy) is 1. The number of pyridine rings is 1. The Hall–Kier alpha value is -2.60. The molecular weight excluding hydrogens is 390 g/mol. The van der Waals surface area contributed by atoms with Crippen molar-refractivity contribution < 1.29 is 14.3 Å². The third kappa shape index (κ3) is 4.37. The summed E-state index contributed by atoms with van der Waals surface area (Å²) in [5, 5.41) is 0.435. The highest BCUT2D eigenvalue weighted by Crippen LogP contribution is 2.38. The highest BCUT2D eigenvalue weighted by molar-refractivity contribution is 6.32. The van der Waals surface area contributed by atoms with Crippen LogP contribution in [0.4, 0.5) is 5.69 Å². The molecule has 0 N–H and O–H groups in total. The van der Waals surface area contributed by atoms with Crippen LogP contribution in [0.2, 0.25) is 5.02 Å². The van der Waals surface area contributed by atoms with Crippen molar-refractivity contribution in [1.29, 1.82) is 0 Å². The minimum Gasteiger partial charge on any atom is -0.480 e. The van der Waals surface area contributed by atoms with E-state index in [2.05, 4.69) is 4.98 Å². The molecule has 2 heterocycles. The molecule has 29 heavy (non-hydrogen) atoms. The van der Waals surface area contributed by atoms with Gasteiger partial charge in [0.15, 0.2) is 12.4 Å². The molecule has 2 amide bonds. The van der Waals surface area contributed by atoms with Crippen LogP contribution in [0, 0.1) is 0 Å². The Labute approximate surface area is 175 Å². The maximum atomic E-state index is 13.4. The minimum atomic E-state index is -0.241. The van der Waals surface area contributed by atoms with Gasteiger partial charge in [-0.3, -0.25) is 19.5 Å². The second-order valence-corrected chi connectivity index (χ2v) is 7.90. The summed E-state index contributed by atoms with van der Waals surface area (Å²) in [6.07, 6.45) is 7.14. The average Bonchev–Trinajstić information content (AvgIpc) is 2.75. The van der Waals surface area contributed by atoms with Gasteiger partial charge in [-0.15, -0.1) is 0 Å². The van der Waals surface area contributed by atoms with Gasteiger partial charge >= 0.3 is 0 Å². The Balaban J connectivity index is 1.58. The van der Waals surface area contributed by atoms with Crippen LogP contribution in [0.15, 0.2) is 42.6 Å². The lowest BCUT2D eigenvalue weighted by Gasteiger charge is -2.36. The van der Waals surface area contributed by atoms with Gasteiger partial charge in [0.1, 0.15) is 6.54 Å². The van der Waals surface area contributed by atoms with E-state index in [0.29, 0.717) is 23.0 Å². The third-order valence-corrected chi connectivity index (χ3v) is 5.86. The normalized spacial score (nSPS) is 16.9. The molecule has 1 aliphatic carbocycles. The van der Waals surface area contributed by atoms with Crippen LogP contribution < -0.4 is 9.64 Å². The summed E-state index contributed by atoms with van der Waals surface area (Å²) in [6, 6.07) is 11.1. The van der Waals surface area contributed by atoms with Crippen molar-refractivity contribution in [2.75, 3.05) is 18.1 Å². The van der Waals surface area contributed by atoms with Crippen molar-refractivity contribution in [2.24, 2.45) is 0 Å². The molecule has 1 fully saturated rings. The number of para-hydroxylation sites is 1. The van der Waals surface area contributed by atoms with Gasteiger partial charge in [-0.2, -0.15) is 0 Å². The molecule has 0 spiro atoms. The van der Waals surface area contributed by atoms with Crippen LogP contribution in [0.5, 0.6) is 5.75 Å². The van der Waals surface area contributed by atoms with Crippen LogP contribution in [-0.4, -0.2) is 40.9 Å². The molecule has 0 unspecified atom stereocenters. The number of hydrogen-bond donors (Lipinski definition) is 0. The predicted octanol–water partition coefficient (Wildman–Crippen LogP) is 3.82.